The van der Waals surface area contributed by atoms with Crippen molar-refractivity contribution in [2.75, 3.05) is 35.2 Å². The number of alkyl halides is 1. The number of aromatic nitrogens is 1. The zero-order chi connectivity index (χ0) is 22.5. The number of halogens is 1. The molecule has 2 heterocycles. The minimum Gasteiger partial charge on any atom is -0.370 e. The Balaban J connectivity index is 1.72. The molecule has 2 aromatic rings. The van der Waals surface area contributed by atoms with Gasteiger partial charge in [-0.05, 0) is 42.7 Å². The van der Waals surface area contributed by atoms with E-state index in [2.05, 4.69) is 29.5 Å². The molecule has 0 saturated carbocycles. The molecule has 9 nitrogen and oxygen atoms in total. The molecule has 1 aromatic heterocycles. The van der Waals surface area contributed by atoms with E-state index in [1.165, 1.54) is 6.07 Å². The SMILES string of the molecule is CC(C)CNc1ccc([N+](=O)[O-])c(Nc2ccc(N3CCC(C(N)=O)C(F)C3)cc2)n1. The summed E-state index contributed by atoms with van der Waals surface area (Å²) in [5, 5.41) is 17.5. The summed E-state index contributed by atoms with van der Waals surface area (Å²) in [6.07, 6.45) is -0.944. The number of carbonyl (C=O) groups is 1. The fraction of sp³-hybridized carbons (Fsp3) is 0.429. The van der Waals surface area contributed by atoms with Crippen LogP contribution in [0, 0.1) is 22.0 Å². The van der Waals surface area contributed by atoms with Crippen LogP contribution in [0.3, 0.4) is 0 Å². The molecule has 10 heteroatoms. The van der Waals surface area contributed by atoms with Crippen LogP contribution in [0.25, 0.3) is 0 Å². The Morgan fingerprint density at radius 3 is 2.61 bits per heavy atom. The minimum absolute atomic E-state index is 0.0942. The van der Waals surface area contributed by atoms with E-state index in [4.69, 9.17) is 5.73 Å². The number of benzene rings is 1. The molecule has 31 heavy (non-hydrogen) atoms. The van der Waals surface area contributed by atoms with E-state index < -0.39 is 22.9 Å². The van der Waals surface area contributed by atoms with E-state index in [0.29, 0.717) is 36.9 Å². The molecule has 0 radical (unpaired) electrons. The highest BCUT2D eigenvalue weighted by Gasteiger charge is 2.33. The van der Waals surface area contributed by atoms with Crippen molar-refractivity contribution in [3.8, 4) is 0 Å². The van der Waals surface area contributed by atoms with Gasteiger partial charge in [-0.25, -0.2) is 9.37 Å². The van der Waals surface area contributed by atoms with Crippen molar-refractivity contribution in [2.45, 2.75) is 26.4 Å². The van der Waals surface area contributed by atoms with Gasteiger partial charge in [0.2, 0.25) is 11.7 Å². The Bertz CT molecular complexity index is 937. The highest BCUT2D eigenvalue weighted by Crippen LogP contribution is 2.30. The maximum Gasteiger partial charge on any atom is 0.311 e. The van der Waals surface area contributed by atoms with Crippen LogP contribution in [0.15, 0.2) is 36.4 Å². The maximum atomic E-state index is 14.2. The van der Waals surface area contributed by atoms with Gasteiger partial charge in [0, 0.05) is 37.1 Å². The van der Waals surface area contributed by atoms with E-state index >= 15 is 0 Å². The average Bonchev–Trinajstić information content (AvgIpc) is 2.72. The lowest BCUT2D eigenvalue weighted by atomic mass is 9.94. The number of nitro groups is 1. The molecule has 1 fully saturated rings. The molecule has 3 rings (SSSR count). The highest BCUT2D eigenvalue weighted by atomic mass is 19.1. The lowest BCUT2D eigenvalue weighted by Gasteiger charge is -2.34. The Kier molecular flexibility index (Phi) is 6.88. The predicted octanol–water partition coefficient (Wildman–Crippen LogP) is 3.45. The van der Waals surface area contributed by atoms with Crippen LogP contribution >= 0.6 is 0 Å². The number of nitrogens with zero attached hydrogens (tertiary/aromatic N) is 3. The molecular weight excluding hydrogens is 403 g/mol. The third-order valence-electron chi connectivity index (χ3n) is 5.16. The Morgan fingerprint density at radius 1 is 1.32 bits per heavy atom. The number of hydrogen-bond donors (Lipinski definition) is 3. The number of pyridine rings is 1. The number of amides is 1. The number of nitrogens with two attached hydrogens (primary N) is 1. The summed E-state index contributed by atoms with van der Waals surface area (Å²) in [4.78, 5) is 28.4. The normalized spacial score (nSPS) is 18.6. The van der Waals surface area contributed by atoms with E-state index in [9.17, 15) is 19.3 Å². The van der Waals surface area contributed by atoms with Crippen LogP contribution in [0.5, 0.6) is 0 Å². The lowest BCUT2D eigenvalue weighted by Crippen LogP contribution is -2.46. The number of carbonyl (C=O) groups excluding carboxylic acids is 1. The summed E-state index contributed by atoms with van der Waals surface area (Å²) in [6, 6.07) is 10.1. The molecule has 1 aliphatic rings. The van der Waals surface area contributed by atoms with Crippen molar-refractivity contribution >= 4 is 34.6 Å². The van der Waals surface area contributed by atoms with Crippen molar-refractivity contribution in [2.24, 2.45) is 17.6 Å². The molecular formula is C21H27FN6O3. The van der Waals surface area contributed by atoms with Crippen molar-refractivity contribution in [1.29, 1.82) is 0 Å². The Labute approximate surface area is 180 Å². The van der Waals surface area contributed by atoms with E-state index in [1.807, 2.05) is 4.90 Å². The molecule has 1 aromatic carbocycles. The molecule has 0 bridgehead atoms. The summed E-state index contributed by atoms with van der Waals surface area (Å²) in [6.45, 7) is 5.43. The molecule has 1 saturated heterocycles. The van der Waals surface area contributed by atoms with Gasteiger partial charge in [0.1, 0.15) is 12.0 Å². The molecule has 0 spiro atoms. The number of primary amides is 1. The summed E-state index contributed by atoms with van der Waals surface area (Å²) < 4.78 is 14.2. The quantitative estimate of drug-likeness (QED) is 0.432. The molecule has 2 unspecified atom stereocenters. The van der Waals surface area contributed by atoms with Gasteiger partial charge in [0.25, 0.3) is 0 Å². The monoisotopic (exact) mass is 430 g/mol. The standard InChI is InChI=1S/C21H27FN6O3/c1-13(2)11-24-19-8-7-18(28(30)31)21(26-19)25-14-3-5-15(6-4-14)27-10-9-16(20(23)29)17(22)12-27/h3-8,13,16-17H,9-12H2,1-2H3,(H2,23,29)(H2,24,25,26). The first kappa shape index (κ1) is 22.3. The highest BCUT2D eigenvalue weighted by molar-refractivity contribution is 5.78. The number of anilines is 4. The topological polar surface area (TPSA) is 126 Å². The van der Waals surface area contributed by atoms with Gasteiger partial charge in [-0.3, -0.25) is 14.9 Å². The van der Waals surface area contributed by atoms with Gasteiger partial charge in [-0.2, -0.15) is 0 Å². The molecule has 166 valence electrons. The Morgan fingerprint density at radius 2 is 2.03 bits per heavy atom. The first-order valence-electron chi connectivity index (χ1n) is 10.2. The van der Waals surface area contributed by atoms with E-state index in [-0.39, 0.29) is 18.1 Å². The van der Waals surface area contributed by atoms with Crippen molar-refractivity contribution < 1.29 is 14.1 Å². The molecule has 1 aliphatic heterocycles. The molecule has 1 amide bonds. The van der Waals surface area contributed by atoms with Crippen LogP contribution in [-0.2, 0) is 4.79 Å². The average molecular weight is 430 g/mol. The summed E-state index contributed by atoms with van der Waals surface area (Å²) in [5.41, 5.74) is 6.53. The molecule has 0 aliphatic carbocycles. The van der Waals surface area contributed by atoms with Crippen LogP contribution in [0.1, 0.15) is 20.3 Å². The fourth-order valence-electron chi connectivity index (χ4n) is 3.45. The third-order valence-corrected chi connectivity index (χ3v) is 5.16. The number of nitrogens with one attached hydrogen (secondary N) is 2. The first-order valence-corrected chi connectivity index (χ1v) is 10.2. The fourth-order valence-corrected chi connectivity index (χ4v) is 3.45. The second kappa shape index (κ2) is 9.59. The van der Waals surface area contributed by atoms with Crippen LogP contribution in [0.2, 0.25) is 0 Å². The minimum atomic E-state index is -1.31. The van der Waals surface area contributed by atoms with Crippen LogP contribution < -0.4 is 21.3 Å². The van der Waals surface area contributed by atoms with Crippen molar-refractivity contribution in [3.63, 3.8) is 0 Å². The number of rotatable bonds is 8. The summed E-state index contributed by atoms with van der Waals surface area (Å²) >= 11 is 0. The summed E-state index contributed by atoms with van der Waals surface area (Å²) in [7, 11) is 0. The Hall–Kier alpha value is -3.43. The molecule has 4 N–H and O–H groups in total. The molecule has 2 atom stereocenters. The number of hydrogen-bond acceptors (Lipinski definition) is 7. The van der Waals surface area contributed by atoms with Crippen molar-refractivity contribution in [1.82, 2.24) is 4.98 Å². The van der Waals surface area contributed by atoms with Gasteiger partial charge >= 0.3 is 5.69 Å². The third kappa shape index (κ3) is 5.59. The second-order valence-corrected chi connectivity index (χ2v) is 8.03. The van der Waals surface area contributed by atoms with Gasteiger partial charge in [0.15, 0.2) is 0 Å². The zero-order valence-electron chi connectivity index (χ0n) is 17.5. The van der Waals surface area contributed by atoms with Crippen LogP contribution in [-0.4, -0.2) is 41.6 Å². The van der Waals surface area contributed by atoms with Gasteiger partial charge in [0.05, 0.1) is 10.8 Å². The first-order chi connectivity index (χ1) is 14.7. The largest absolute Gasteiger partial charge is 0.370 e. The second-order valence-electron chi connectivity index (χ2n) is 8.03. The van der Waals surface area contributed by atoms with E-state index in [1.54, 1.807) is 30.3 Å². The maximum absolute atomic E-state index is 14.2. The number of piperidine rings is 1. The smallest absolute Gasteiger partial charge is 0.311 e. The van der Waals surface area contributed by atoms with E-state index in [0.717, 1.165) is 5.69 Å². The lowest BCUT2D eigenvalue weighted by molar-refractivity contribution is -0.384. The van der Waals surface area contributed by atoms with Gasteiger partial charge in [-0.15, -0.1) is 0 Å². The van der Waals surface area contributed by atoms with Crippen molar-refractivity contribution in [3.05, 3.63) is 46.5 Å². The van der Waals surface area contributed by atoms with Crippen LogP contribution in [0.4, 0.5) is 33.1 Å². The summed E-state index contributed by atoms with van der Waals surface area (Å²) in [5.74, 6) is -0.272. The predicted molar refractivity (Wildman–Crippen MR) is 118 cm³/mol. The van der Waals surface area contributed by atoms with Gasteiger partial charge in [-0.1, -0.05) is 13.8 Å². The van der Waals surface area contributed by atoms with Gasteiger partial charge < -0.3 is 21.3 Å². The zero-order valence-corrected chi connectivity index (χ0v) is 17.5.